The fraction of sp³-hybridized carbons (Fsp3) is 0.385. The lowest BCUT2D eigenvalue weighted by atomic mass is 10.0. The van der Waals surface area contributed by atoms with E-state index in [4.69, 9.17) is 4.74 Å². The normalized spacial score (nSPS) is 12.1. The summed E-state index contributed by atoms with van der Waals surface area (Å²) in [5.74, 6) is 0.775. The number of benzene rings is 1. The van der Waals surface area contributed by atoms with Crippen LogP contribution in [-0.2, 0) is 0 Å². The number of rotatable bonds is 6. The predicted octanol–water partition coefficient (Wildman–Crippen LogP) is 3.08. The number of hydrogen-bond acceptors (Lipinski definition) is 2. The Morgan fingerprint density at radius 3 is 2.87 bits per heavy atom. The van der Waals surface area contributed by atoms with Crippen molar-refractivity contribution in [3.8, 4) is 5.75 Å². The molecule has 1 aromatic carbocycles. The summed E-state index contributed by atoms with van der Waals surface area (Å²) in [5.41, 5.74) is 0.862. The van der Waals surface area contributed by atoms with E-state index in [1.807, 2.05) is 37.3 Å². The van der Waals surface area contributed by atoms with E-state index in [1.54, 1.807) is 0 Å². The zero-order valence-electron chi connectivity index (χ0n) is 9.15. The zero-order chi connectivity index (χ0) is 11.1. The second-order valence-electron chi connectivity index (χ2n) is 3.35. The molecule has 2 nitrogen and oxygen atoms in total. The number of ether oxygens (including phenoxy) is 1. The topological polar surface area (TPSA) is 29.5 Å². The Labute approximate surface area is 91.2 Å². The minimum atomic E-state index is -0.467. The maximum absolute atomic E-state index is 9.93. The van der Waals surface area contributed by atoms with Crippen LogP contribution in [0.3, 0.4) is 0 Å². The average Bonchev–Trinajstić information content (AvgIpc) is 2.27. The molecule has 0 amide bonds. The molecule has 2 heteroatoms. The summed E-state index contributed by atoms with van der Waals surface area (Å²) in [7, 11) is 0. The summed E-state index contributed by atoms with van der Waals surface area (Å²) in [4.78, 5) is 0. The monoisotopic (exact) mass is 206 g/mol. The van der Waals surface area contributed by atoms with Crippen molar-refractivity contribution in [2.45, 2.75) is 25.9 Å². The smallest absolute Gasteiger partial charge is 0.125 e. The highest BCUT2D eigenvalue weighted by molar-refractivity contribution is 5.35. The van der Waals surface area contributed by atoms with Gasteiger partial charge in [-0.3, -0.25) is 0 Å². The third-order valence-electron chi connectivity index (χ3n) is 2.22. The molecule has 0 saturated heterocycles. The van der Waals surface area contributed by atoms with Gasteiger partial charge in [0.2, 0.25) is 0 Å². The predicted molar refractivity (Wildman–Crippen MR) is 62.0 cm³/mol. The molecule has 0 aliphatic carbocycles. The Kier molecular flexibility index (Phi) is 4.91. The Balaban J connectivity index is 2.76. The van der Waals surface area contributed by atoms with Crippen LogP contribution in [0.25, 0.3) is 0 Å². The molecule has 1 unspecified atom stereocenters. The van der Waals surface area contributed by atoms with Gasteiger partial charge in [-0.25, -0.2) is 0 Å². The second-order valence-corrected chi connectivity index (χ2v) is 3.35. The fourth-order valence-corrected chi connectivity index (χ4v) is 1.47. The first kappa shape index (κ1) is 11.8. The summed E-state index contributed by atoms with van der Waals surface area (Å²) in [6, 6.07) is 7.61. The summed E-state index contributed by atoms with van der Waals surface area (Å²) in [5, 5.41) is 9.93. The number of aliphatic hydroxyl groups is 1. The SMILES string of the molecule is C=CCCC(O)c1ccccc1OCC. The summed E-state index contributed by atoms with van der Waals surface area (Å²) < 4.78 is 5.45. The van der Waals surface area contributed by atoms with Gasteiger partial charge in [0.25, 0.3) is 0 Å². The molecule has 0 aromatic heterocycles. The van der Waals surface area contributed by atoms with Gasteiger partial charge in [0.05, 0.1) is 12.7 Å². The van der Waals surface area contributed by atoms with Crippen LogP contribution >= 0.6 is 0 Å². The first-order chi connectivity index (χ1) is 7.29. The molecule has 0 fully saturated rings. The lowest BCUT2D eigenvalue weighted by Crippen LogP contribution is -2.02. The lowest BCUT2D eigenvalue weighted by molar-refractivity contribution is 0.163. The van der Waals surface area contributed by atoms with Crippen LogP contribution in [0, 0.1) is 0 Å². The quantitative estimate of drug-likeness (QED) is 0.725. The summed E-state index contributed by atoms with van der Waals surface area (Å²) in [6.45, 7) is 6.20. The molecular formula is C13H18O2. The van der Waals surface area contributed by atoms with Crippen molar-refractivity contribution in [1.82, 2.24) is 0 Å². The highest BCUT2D eigenvalue weighted by Crippen LogP contribution is 2.27. The van der Waals surface area contributed by atoms with Gasteiger partial charge in [-0.2, -0.15) is 0 Å². The molecule has 1 aromatic rings. The van der Waals surface area contributed by atoms with Gasteiger partial charge in [-0.15, -0.1) is 6.58 Å². The Morgan fingerprint density at radius 2 is 2.20 bits per heavy atom. The Hall–Kier alpha value is -1.28. The minimum absolute atomic E-state index is 0.467. The van der Waals surface area contributed by atoms with Crippen LogP contribution in [0.15, 0.2) is 36.9 Å². The Bertz CT molecular complexity index is 307. The van der Waals surface area contributed by atoms with Gasteiger partial charge in [-0.05, 0) is 25.8 Å². The van der Waals surface area contributed by atoms with E-state index in [0.29, 0.717) is 13.0 Å². The van der Waals surface area contributed by atoms with Crippen molar-refractivity contribution >= 4 is 0 Å². The average molecular weight is 206 g/mol. The highest BCUT2D eigenvalue weighted by Gasteiger charge is 2.11. The molecule has 1 atom stereocenters. The molecular weight excluding hydrogens is 188 g/mol. The van der Waals surface area contributed by atoms with E-state index in [1.165, 1.54) is 0 Å². The first-order valence-corrected chi connectivity index (χ1v) is 5.30. The molecule has 0 saturated carbocycles. The van der Waals surface area contributed by atoms with Crippen LogP contribution < -0.4 is 4.74 Å². The van der Waals surface area contributed by atoms with Crippen LogP contribution in [-0.4, -0.2) is 11.7 Å². The van der Waals surface area contributed by atoms with E-state index >= 15 is 0 Å². The molecule has 0 spiro atoms. The van der Waals surface area contributed by atoms with Gasteiger partial charge in [-0.1, -0.05) is 24.3 Å². The standard InChI is InChI=1S/C13H18O2/c1-3-5-9-12(14)11-8-6-7-10-13(11)15-4-2/h3,6-8,10,12,14H,1,4-5,9H2,2H3. The van der Waals surface area contributed by atoms with E-state index in [2.05, 4.69) is 6.58 Å². The van der Waals surface area contributed by atoms with Crippen LogP contribution in [0.4, 0.5) is 0 Å². The van der Waals surface area contributed by atoms with Crippen molar-refractivity contribution < 1.29 is 9.84 Å². The molecule has 0 bridgehead atoms. The minimum Gasteiger partial charge on any atom is -0.493 e. The fourth-order valence-electron chi connectivity index (χ4n) is 1.47. The van der Waals surface area contributed by atoms with Gasteiger partial charge >= 0.3 is 0 Å². The number of allylic oxidation sites excluding steroid dienone is 1. The molecule has 0 aliphatic rings. The van der Waals surface area contributed by atoms with Gasteiger partial charge in [0.1, 0.15) is 5.75 Å². The largest absolute Gasteiger partial charge is 0.493 e. The van der Waals surface area contributed by atoms with Crippen molar-refractivity contribution in [2.24, 2.45) is 0 Å². The third kappa shape index (κ3) is 3.40. The summed E-state index contributed by atoms with van der Waals surface area (Å²) >= 11 is 0. The molecule has 15 heavy (non-hydrogen) atoms. The van der Waals surface area contributed by atoms with Crippen LogP contribution in [0.1, 0.15) is 31.4 Å². The van der Waals surface area contributed by atoms with E-state index in [9.17, 15) is 5.11 Å². The lowest BCUT2D eigenvalue weighted by Gasteiger charge is -2.14. The van der Waals surface area contributed by atoms with Gasteiger partial charge < -0.3 is 9.84 Å². The molecule has 1 N–H and O–H groups in total. The van der Waals surface area contributed by atoms with Crippen molar-refractivity contribution in [1.29, 1.82) is 0 Å². The van der Waals surface area contributed by atoms with Gasteiger partial charge in [0.15, 0.2) is 0 Å². The molecule has 0 heterocycles. The number of aliphatic hydroxyl groups excluding tert-OH is 1. The third-order valence-corrected chi connectivity index (χ3v) is 2.22. The Morgan fingerprint density at radius 1 is 1.47 bits per heavy atom. The molecule has 1 rings (SSSR count). The van der Waals surface area contributed by atoms with E-state index in [0.717, 1.165) is 17.7 Å². The maximum Gasteiger partial charge on any atom is 0.125 e. The highest BCUT2D eigenvalue weighted by atomic mass is 16.5. The summed E-state index contributed by atoms with van der Waals surface area (Å²) in [6.07, 6.45) is 2.84. The van der Waals surface area contributed by atoms with Crippen molar-refractivity contribution in [3.63, 3.8) is 0 Å². The van der Waals surface area contributed by atoms with Gasteiger partial charge in [0, 0.05) is 5.56 Å². The number of hydrogen-bond donors (Lipinski definition) is 1. The van der Waals surface area contributed by atoms with E-state index in [-0.39, 0.29) is 0 Å². The molecule has 0 aliphatic heterocycles. The maximum atomic E-state index is 9.93. The van der Waals surface area contributed by atoms with Crippen molar-refractivity contribution in [2.75, 3.05) is 6.61 Å². The van der Waals surface area contributed by atoms with E-state index < -0.39 is 6.10 Å². The van der Waals surface area contributed by atoms with Crippen LogP contribution in [0.2, 0.25) is 0 Å². The van der Waals surface area contributed by atoms with Crippen LogP contribution in [0.5, 0.6) is 5.75 Å². The molecule has 0 radical (unpaired) electrons. The first-order valence-electron chi connectivity index (χ1n) is 5.30. The zero-order valence-corrected chi connectivity index (χ0v) is 9.15. The number of para-hydroxylation sites is 1. The second kappa shape index (κ2) is 6.25. The molecule has 82 valence electrons. The van der Waals surface area contributed by atoms with Crippen molar-refractivity contribution in [3.05, 3.63) is 42.5 Å².